The molecule has 0 aromatic carbocycles. The van der Waals surface area contributed by atoms with Crippen LogP contribution in [0, 0.1) is 0 Å². The predicted molar refractivity (Wildman–Crippen MR) is 51.5 cm³/mol. The molecule has 5 heteroatoms. The third kappa shape index (κ3) is 1.33. The van der Waals surface area contributed by atoms with Crippen LogP contribution in [-0.2, 0) is 4.74 Å². The Morgan fingerprint density at radius 2 is 2.36 bits per heavy atom. The third-order valence-corrected chi connectivity index (χ3v) is 2.09. The van der Waals surface area contributed by atoms with Gasteiger partial charge in [0.25, 0.3) is 0 Å². The average molecular weight is 211 g/mol. The van der Waals surface area contributed by atoms with Crippen molar-refractivity contribution >= 4 is 23.2 Å². The lowest BCUT2D eigenvalue weighted by atomic mass is 10.4. The average Bonchev–Trinajstić information content (AvgIpc) is 2.59. The molecular weight excluding hydrogens is 204 g/mol. The molecule has 0 saturated carbocycles. The van der Waals surface area contributed by atoms with Crippen molar-refractivity contribution in [2.75, 3.05) is 7.11 Å². The number of fused-ring (bicyclic) bond motifs is 1. The van der Waals surface area contributed by atoms with Gasteiger partial charge in [0.1, 0.15) is 5.65 Å². The Labute approximate surface area is 85.1 Å². The van der Waals surface area contributed by atoms with E-state index in [0.717, 1.165) is 0 Å². The molecule has 0 bridgehead atoms. The molecule has 72 valence electrons. The Morgan fingerprint density at radius 1 is 1.57 bits per heavy atom. The Balaban J connectivity index is 2.67. The van der Waals surface area contributed by atoms with Crippen LogP contribution in [0.3, 0.4) is 0 Å². The fraction of sp³-hybridized carbons (Fsp3) is 0.111. The highest BCUT2D eigenvalue weighted by atomic mass is 35.5. The number of imidazole rings is 1. The summed E-state index contributed by atoms with van der Waals surface area (Å²) in [6.45, 7) is 0. The van der Waals surface area contributed by atoms with Crippen molar-refractivity contribution in [2.45, 2.75) is 0 Å². The highest BCUT2D eigenvalue weighted by Gasteiger charge is 2.11. The van der Waals surface area contributed by atoms with Gasteiger partial charge in [0.15, 0.2) is 5.69 Å². The second kappa shape index (κ2) is 3.31. The molecule has 2 heterocycles. The van der Waals surface area contributed by atoms with Crippen LogP contribution in [0.4, 0.5) is 0 Å². The molecule has 0 spiro atoms. The Hall–Kier alpha value is -1.55. The van der Waals surface area contributed by atoms with Crippen LogP contribution >= 0.6 is 11.6 Å². The van der Waals surface area contributed by atoms with Crippen molar-refractivity contribution in [3.05, 3.63) is 35.2 Å². The van der Waals surface area contributed by atoms with E-state index in [2.05, 4.69) is 9.72 Å². The van der Waals surface area contributed by atoms with Crippen LogP contribution < -0.4 is 0 Å². The number of hydrogen-bond donors (Lipinski definition) is 0. The van der Waals surface area contributed by atoms with E-state index in [-0.39, 0.29) is 0 Å². The lowest BCUT2D eigenvalue weighted by molar-refractivity contribution is 0.0593. The summed E-state index contributed by atoms with van der Waals surface area (Å²) >= 11 is 5.79. The Kier molecular flexibility index (Phi) is 2.13. The lowest BCUT2D eigenvalue weighted by Gasteiger charge is -1.99. The van der Waals surface area contributed by atoms with Crippen molar-refractivity contribution in [1.82, 2.24) is 9.38 Å². The van der Waals surface area contributed by atoms with E-state index >= 15 is 0 Å². The molecule has 0 aliphatic rings. The highest BCUT2D eigenvalue weighted by molar-refractivity contribution is 6.30. The number of nitrogens with zero attached hydrogens (tertiary/aromatic N) is 2. The maximum absolute atomic E-state index is 11.3. The fourth-order valence-corrected chi connectivity index (χ4v) is 1.37. The van der Waals surface area contributed by atoms with E-state index in [1.165, 1.54) is 13.3 Å². The zero-order chi connectivity index (χ0) is 10.1. The molecule has 2 aromatic heterocycles. The molecule has 0 radical (unpaired) electrons. The van der Waals surface area contributed by atoms with Gasteiger partial charge >= 0.3 is 5.97 Å². The number of methoxy groups -OCH3 is 1. The van der Waals surface area contributed by atoms with Gasteiger partial charge in [-0.25, -0.2) is 9.78 Å². The number of carbonyl (C=O) groups excluding carboxylic acids is 1. The highest BCUT2D eigenvalue weighted by Crippen LogP contribution is 2.13. The smallest absolute Gasteiger partial charge is 0.356 e. The van der Waals surface area contributed by atoms with Crippen molar-refractivity contribution in [2.24, 2.45) is 0 Å². The molecule has 2 rings (SSSR count). The fourth-order valence-electron chi connectivity index (χ4n) is 1.21. The van der Waals surface area contributed by atoms with Crippen molar-refractivity contribution in [1.29, 1.82) is 0 Å². The first-order valence-corrected chi connectivity index (χ1v) is 4.31. The Bertz CT molecular complexity index is 493. The second-order valence-electron chi connectivity index (χ2n) is 2.71. The van der Waals surface area contributed by atoms with Gasteiger partial charge in [0.05, 0.1) is 18.3 Å². The topological polar surface area (TPSA) is 43.6 Å². The molecular formula is C9H7ClN2O2. The normalized spacial score (nSPS) is 10.4. The summed E-state index contributed by atoms with van der Waals surface area (Å²) in [7, 11) is 1.33. The largest absolute Gasteiger partial charge is 0.464 e. The van der Waals surface area contributed by atoms with E-state index in [0.29, 0.717) is 16.4 Å². The summed E-state index contributed by atoms with van der Waals surface area (Å²) in [6, 6.07) is 3.44. The number of esters is 1. The summed E-state index contributed by atoms with van der Waals surface area (Å²) in [5, 5.41) is 0.542. The van der Waals surface area contributed by atoms with Crippen LogP contribution in [0.25, 0.3) is 5.65 Å². The summed E-state index contributed by atoms with van der Waals surface area (Å²) < 4.78 is 6.19. The lowest BCUT2D eigenvalue weighted by Crippen LogP contribution is -2.04. The van der Waals surface area contributed by atoms with E-state index in [1.807, 2.05) is 0 Å². The number of halogens is 1. The molecule has 0 unspecified atom stereocenters. The maximum atomic E-state index is 11.3. The van der Waals surface area contributed by atoms with E-state index in [1.54, 1.807) is 22.7 Å². The number of ether oxygens (including phenoxy) is 1. The molecule has 0 aliphatic carbocycles. The van der Waals surface area contributed by atoms with Crippen molar-refractivity contribution in [3.8, 4) is 0 Å². The summed E-state index contributed by atoms with van der Waals surface area (Å²) in [5.41, 5.74) is 1.03. The van der Waals surface area contributed by atoms with Crippen LogP contribution in [0.1, 0.15) is 10.5 Å². The van der Waals surface area contributed by atoms with Crippen LogP contribution in [0.15, 0.2) is 24.5 Å². The molecule has 4 nitrogen and oxygen atoms in total. The van der Waals surface area contributed by atoms with Crippen molar-refractivity contribution < 1.29 is 9.53 Å². The SMILES string of the molecule is COC(=O)c1cnc2ccc(Cl)cn12. The second-order valence-corrected chi connectivity index (χ2v) is 3.15. The first-order chi connectivity index (χ1) is 6.72. The molecule has 0 aliphatic heterocycles. The molecule has 0 fully saturated rings. The quantitative estimate of drug-likeness (QED) is 0.674. The van der Waals surface area contributed by atoms with Gasteiger partial charge in [-0.05, 0) is 12.1 Å². The third-order valence-electron chi connectivity index (χ3n) is 1.86. The number of hydrogen-bond acceptors (Lipinski definition) is 3. The minimum Gasteiger partial charge on any atom is -0.464 e. The van der Waals surface area contributed by atoms with Gasteiger partial charge in [-0.15, -0.1) is 0 Å². The van der Waals surface area contributed by atoms with Crippen LogP contribution in [-0.4, -0.2) is 22.5 Å². The molecule has 14 heavy (non-hydrogen) atoms. The molecule has 0 amide bonds. The zero-order valence-corrected chi connectivity index (χ0v) is 8.15. The van der Waals surface area contributed by atoms with Gasteiger partial charge in [0, 0.05) is 6.20 Å². The number of aromatic nitrogens is 2. The monoisotopic (exact) mass is 210 g/mol. The first-order valence-electron chi connectivity index (χ1n) is 3.93. The first kappa shape index (κ1) is 9.02. The number of carbonyl (C=O) groups is 1. The maximum Gasteiger partial charge on any atom is 0.356 e. The van der Waals surface area contributed by atoms with E-state index in [4.69, 9.17) is 11.6 Å². The van der Waals surface area contributed by atoms with E-state index < -0.39 is 5.97 Å². The van der Waals surface area contributed by atoms with Gasteiger partial charge < -0.3 is 4.74 Å². The molecule has 0 atom stereocenters. The minimum absolute atomic E-state index is 0.366. The predicted octanol–water partition coefficient (Wildman–Crippen LogP) is 1.77. The van der Waals surface area contributed by atoms with Crippen molar-refractivity contribution in [3.63, 3.8) is 0 Å². The summed E-state index contributed by atoms with van der Waals surface area (Å²) in [4.78, 5) is 15.3. The standard InChI is InChI=1S/C9H7ClN2O2/c1-14-9(13)7-4-11-8-3-2-6(10)5-12(7)8/h2-5H,1H3. The molecule has 2 aromatic rings. The summed E-state index contributed by atoms with van der Waals surface area (Å²) in [5.74, 6) is -0.431. The molecule has 0 N–H and O–H groups in total. The van der Waals surface area contributed by atoms with Crippen LogP contribution in [0.5, 0.6) is 0 Å². The number of pyridine rings is 1. The number of rotatable bonds is 1. The van der Waals surface area contributed by atoms with Gasteiger partial charge in [-0.2, -0.15) is 0 Å². The van der Waals surface area contributed by atoms with Crippen LogP contribution in [0.2, 0.25) is 5.02 Å². The van der Waals surface area contributed by atoms with Gasteiger partial charge in [0.2, 0.25) is 0 Å². The summed E-state index contributed by atoms with van der Waals surface area (Å²) in [6.07, 6.45) is 3.08. The Morgan fingerprint density at radius 3 is 3.07 bits per heavy atom. The zero-order valence-electron chi connectivity index (χ0n) is 7.40. The minimum atomic E-state index is -0.431. The van der Waals surface area contributed by atoms with Gasteiger partial charge in [-0.1, -0.05) is 11.6 Å². The van der Waals surface area contributed by atoms with Gasteiger partial charge in [-0.3, -0.25) is 4.40 Å². The molecule has 0 saturated heterocycles. The van der Waals surface area contributed by atoms with E-state index in [9.17, 15) is 4.79 Å².